The Bertz CT molecular complexity index is 1010. The number of hydrogen-bond acceptors (Lipinski definition) is 5. The molecule has 0 bridgehead atoms. The summed E-state index contributed by atoms with van der Waals surface area (Å²) in [6.45, 7) is 0.657. The topological polar surface area (TPSA) is 101 Å². The van der Waals surface area contributed by atoms with E-state index < -0.39 is 33.4 Å². The van der Waals surface area contributed by atoms with Crippen LogP contribution in [0.1, 0.15) is 35.9 Å². The average molecular weight is 425 g/mol. The largest absolute Gasteiger partial charge is 0.453 e. The maximum atomic E-state index is 14.0. The molecule has 1 aromatic carbocycles. The van der Waals surface area contributed by atoms with Crippen molar-refractivity contribution < 1.29 is 26.7 Å². The average Bonchev–Trinajstić information content (AvgIpc) is 3.37. The summed E-state index contributed by atoms with van der Waals surface area (Å²) in [5, 5.41) is 9.61. The number of rotatable bonds is 8. The van der Waals surface area contributed by atoms with Gasteiger partial charge in [0.25, 0.3) is 11.8 Å². The Morgan fingerprint density at radius 1 is 1.34 bits per heavy atom. The Labute approximate surface area is 167 Å². The quantitative estimate of drug-likeness (QED) is 0.675. The molecule has 1 aliphatic rings. The SMILES string of the molecule is CC(F)(F)c1n[nH]c(C(=O)N[C@H](/C=C/S(C)(=O)=O)C2CC2)c1Oc1ccccc1. The second-order valence-electron chi connectivity index (χ2n) is 7.07. The van der Waals surface area contributed by atoms with Crippen LogP contribution in [0.2, 0.25) is 0 Å². The number of ether oxygens (including phenoxy) is 1. The lowest BCUT2D eigenvalue weighted by molar-refractivity contribution is 0.0108. The first-order chi connectivity index (χ1) is 13.5. The van der Waals surface area contributed by atoms with Gasteiger partial charge in [0.15, 0.2) is 27.0 Å². The zero-order valence-corrected chi connectivity index (χ0v) is 16.7. The lowest BCUT2D eigenvalue weighted by Crippen LogP contribution is -2.35. The lowest BCUT2D eigenvalue weighted by atomic mass is 10.1. The Morgan fingerprint density at radius 3 is 2.55 bits per heavy atom. The second kappa shape index (κ2) is 7.94. The molecule has 1 heterocycles. The third kappa shape index (κ3) is 5.63. The number of hydrogen-bond donors (Lipinski definition) is 2. The highest BCUT2D eigenvalue weighted by Gasteiger charge is 2.37. The predicted molar refractivity (Wildman–Crippen MR) is 103 cm³/mol. The fraction of sp³-hybridized carbons (Fsp3) is 0.368. The number of carbonyl (C=O) groups excluding carboxylic acids is 1. The number of aromatic nitrogens is 2. The second-order valence-corrected chi connectivity index (χ2v) is 9.01. The van der Waals surface area contributed by atoms with Crippen LogP contribution in [0, 0.1) is 5.92 Å². The summed E-state index contributed by atoms with van der Waals surface area (Å²) in [7, 11) is -3.37. The Hall–Kier alpha value is -2.75. The molecule has 1 aromatic heterocycles. The molecule has 1 aliphatic carbocycles. The summed E-state index contributed by atoms with van der Waals surface area (Å²) in [6, 6.07) is 7.65. The number of amides is 1. The molecular weight excluding hydrogens is 404 g/mol. The normalized spacial score (nSPS) is 16.0. The number of aromatic amines is 1. The van der Waals surface area contributed by atoms with Crippen LogP contribution in [0.25, 0.3) is 0 Å². The summed E-state index contributed by atoms with van der Waals surface area (Å²) < 4.78 is 56.3. The molecule has 0 radical (unpaired) electrons. The molecule has 0 spiro atoms. The number of halogens is 2. The van der Waals surface area contributed by atoms with E-state index in [2.05, 4.69) is 15.5 Å². The highest BCUT2D eigenvalue weighted by molar-refractivity contribution is 7.93. The highest BCUT2D eigenvalue weighted by atomic mass is 32.2. The molecule has 1 saturated carbocycles. The molecule has 29 heavy (non-hydrogen) atoms. The number of nitrogens with one attached hydrogen (secondary N) is 2. The first kappa shape index (κ1) is 21.0. The van der Waals surface area contributed by atoms with Crippen molar-refractivity contribution in [3.8, 4) is 11.5 Å². The van der Waals surface area contributed by atoms with Crippen LogP contribution in [0.4, 0.5) is 8.78 Å². The molecule has 156 valence electrons. The minimum Gasteiger partial charge on any atom is -0.453 e. The van der Waals surface area contributed by atoms with Gasteiger partial charge < -0.3 is 10.1 Å². The van der Waals surface area contributed by atoms with E-state index in [1.165, 1.54) is 6.08 Å². The molecule has 10 heteroatoms. The molecule has 3 rings (SSSR count). The molecule has 0 saturated heterocycles. The van der Waals surface area contributed by atoms with E-state index in [0.29, 0.717) is 6.92 Å². The maximum Gasteiger partial charge on any atom is 0.292 e. The van der Waals surface area contributed by atoms with Crippen LogP contribution in [-0.4, -0.2) is 36.8 Å². The van der Waals surface area contributed by atoms with Gasteiger partial charge in [0.2, 0.25) is 0 Å². The van der Waals surface area contributed by atoms with E-state index in [1.54, 1.807) is 30.3 Å². The number of carbonyl (C=O) groups is 1. The van der Waals surface area contributed by atoms with Crippen molar-refractivity contribution in [1.82, 2.24) is 15.5 Å². The van der Waals surface area contributed by atoms with Gasteiger partial charge >= 0.3 is 0 Å². The number of alkyl halides is 2. The molecule has 2 N–H and O–H groups in total. The molecular formula is C19H21F2N3O4S. The number of sulfone groups is 1. The van der Waals surface area contributed by atoms with E-state index in [0.717, 1.165) is 24.5 Å². The third-order valence-corrected chi connectivity index (χ3v) is 4.94. The predicted octanol–water partition coefficient (Wildman–Crippen LogP) is 3.38. The van der Waals surface area contributed by atoms with Gasteiger partial charge in [-0.15, -0.1) is 0 Å². The first-order valence-electron chi connectivity index (χ1n) is 8.93. The Balaban J connectivity index is 1.89. The van der Waals surface area contributed by atoms with E-state index in [9.17, 15) is 22.0 Å². The number of benzene rings is 1. The zero-order valence-electron chi connectivity index (χ0n) is 15.9. The Morgan fingerprint density at radius 2 is 2.00 bits per heavy atom. The molecule has 1 atom stereocenters. The smallest absolute Gasteiger partial charge is 0.292 e. The van der Waals surface area contributed by atoms with E-state index >= 15 is 0 Å². The van der Waals surface area contributed by atoms with Crippen molar-refractivity contribution in [1.29, 1.82) is 0 Å². The van der Waals surface area contributed by atoms with Crippen LogP contribution in [0.3, 0.4) is 0 Å². The van der Waals surface area contributed by atoms with Gasteiger partial charge in [-0.3, -0.25) is 9.89 Å². The van der Waals surface area contributed by atoms with Crippen molar-refractivity contribution in [2.75, 3.05) is 6.26 Å². The minimum absolute atomic E-state index is 0.0884. The maximum absolute atomic E-state index is 14.0. The van der Waals surface area contributed by atoms with Crippen LogP contribution >= 0.6 is 0 Å². The first-order valence-corrected chi connectivity index (χ1v) is 10.9. The molecule has 2 aromatic rings. The van der Waals surface area contributed by atoms with Gasteiger partial charge in [0, 0.05) is 18.6 Å². The summed E-state index contributed by atoms with van der Waals surface area (Å²) in [6.07, 6.45) is 4.10. The van der Waals surface area contributed by atoms with Crippen LogP contribution in [-0.2, 0) is 15.8 Å². The molecule has 1 amide bonds. The monoisotopic (exact) mass is 425 g/mol. The number of H-pyrrole nitrogens is 1. The fourth-order valence-corrected chi connectivity index (χ4v) is 3.17. The van der Waals surface area contributed by atoms with Crippen LogP contribution < -0.4 is 10.1 Å². The van der Waals surface area contributed by atoms with Crippen LogP contribution in [0.5, 0.6) is 11.5 Å². The van der Waals surface area contributed by atoms with E-state index in [4.69, 9.17) is 4.74 Å². The molecule has 7 nitrogen and oxygen atoms in total. The number of para-hydroxylation sites is 1. The fourth-order valence-electron chi connectivity index (χ4n) is 2.72. The summed E-state index contributed by atoms with van der Waals surface area (Å²) >= 11 is 0. The van der Waals surface area contributed by atoms with Gasteiger partial charge in [-0.05, 0) is 30.9 Å². The van der Waals surface area contributed by atoms with Gasteiger partial charge in [-0.2, -0.15) is 13.9 Å². The molecule has 0 aliphatic heterocycles. The van der Waals surface area contributed by atoms with Crippen molar-refractivity contribution in [3.63, 3.8) is 0 Å². The van der Waals surface area contributed by atoms with Crippen molar-refractivity contribution in [2.45, 2.75) is 31.7 Å². The van der Waals surface area contributed by atoms with Gasteiger partial charge in [-0.25, -0.2) is 8.42 Å². The van der Waals surface area contributed by atoms with Crippen molar-refractivity contribution in [3.05, 3.63) is 53.2 Å². The highest BCUT2D eigenvalue weighted by Crippen LogP contribution is 2.38. The van der Waals surface area contributed by atoms with Crippen molar-refractivity contribution >= 4 is 15.7 Å². The van der Waals surface area contributed by atoms with Gasteiger partial charge in [-0.1, -0.05) is 24.3 Å². The van der Waals surface area contributed by atoms with Crippen molar-refractivity contribution in [2.24, 2.45) is 5.92 Å². The minimum atomic E-state index is -3.37. The Kier molecular flexibility index (Phi) is 5.74. The van der Waals surface area contributed by atoms with E-state index in [-0.39, 0.29) is 23.1 Å². The van der Waals surface area contributed by atoms with Gasteiger partial charge in [0.05, 0.1) is 6.04 Å². The summed E-state index contributed by atoms with van der Waals surface area (Å²) in [5.41, 5.74) is -0.954. The zero-order chi connectivity index (χ0) is 21.2. The summed E-state index contributed by atoms with van der Waals surface area (Å²) in [4.78, 5) is 12.8. The number of nitrogens with zero attached hydrogens (tertiary/aromatic N) is 1. The van der Waals surface area contributed by atoms with Crippen LogP contribution in [0.15, 0.2) is 41.8 Å². The lowest BCUT2D eigenvalue weighted by Gasteiger charge is -2.15. The standard InChI is InChI=1S/C19H21F2N3O4S/c1-19(20,21)17-16(28-13-6-4-3-5-7-13)15(23-24-17)18(25)22-14(12-8-9-12)10-11-29(2,26)27/h3-7,10-12,14H,8-9H2,1-2H3,(H,22,25)(H,23,24)/b11-10+/t14-/m1/s1. The third-order valence-electron chi connectivity index (χ3n) is 4.29. The van der Waals surface area contributed by atoms with Gasteiger partial charge in [0.1, 0.15) is 5.75 Å². The molecule has 1 fully saturated rings. The summed E-state index contributed by atoms with van der Waals surface area (Å²) in [5.74, 6) is -4.07. The van der Waals surface area contributed by atoms with E-state index in [1.807, 2.05) is 0 Å². The molecule has 0 unspecified atom stereocenters.